The molecule has 1 heterocycles. The second-order valence-electron chi connectivity index (χ2n) is 5.58. The Bertz CT molecular complexity index is 371. The summed E-state index contributed by atoms with van der Waals surface area (Å²) in [7, 11) is -1.58. The lowest BCUT2D eigenvalue weighted by molar-refractivity contribution is 0.245. The highest BCUT2D eigenvalue weighted by Crippen LogP contribution is 2.25. The normalized spacial score (nSPS) is 27.2. The first-order valence-electron chi connectivity index (χ1n) is 7.00. The van der Waals surface area contributed by atoms with Crippen molar-refractivity contribution in [2.24, 2.45) is 5.73 Å². The van der Waals surface area contributed by atoms with E-state index in [2.05, 4.69) is 0 Å². The van der Waals surface area contributed by atoms with Crippen molar-refractivity contribution in [1.29, 1.82) is 0 Å². The van der Waals surface area contributed by atoms with Gasteiger partial charge in [0.15, 0.2) is 0 Å². The van der Waals surface area contributed by atoms with E-state index in [1.165, 1.54) is 6.42 Å². The zero-order chi connectivity index (χ0) is 13.2. The molecule has 2 N–H and O–H groups in total. The molecule has 0 aromatic carbocycles. The minimum absolute atomic E-state index is 0. The van der Waals surface area contributed by atoms with Crippen LogP contribution in [0.4, 0.5) is 0 Å². The summed E-state index contributed by atoms with van der Waals surface area (Å²) in [5.74, 6) is 0. The van der Waals surface area contributed by atoms with Crippen LogP contribution in [0.15, 0.2) is 0 Å². The smallest absolute Gasteiger partial charge is 0.282 e. The summed E-state index contributed by atoms with van der Waals surface area (Å²) in [6.07, 6.45) is 7.32. The van der Waals surface area contributed by atoms with Gasteiger partial charge in [-0.25, -0.2) is 0 Å². The molecule has 114 valence electrons. The molecule has 0 spiro atoms. The molecule has 1 aliphatic heterocycles. The Morgan fingerprint density at radius 3 is 2.32 bits per heavy atom. The monoisotopic (exact) mass is 311 g/mol. The molecule has 1 aliphatic carbocycles. The first kappa shape index (κ1) is 17.2. The van der Waals surface area contributed by atoms with Crippen molar-refractivity contribution >= 4 is 22.6 Å². The van der Waals surface area contributed by atoms with Gasteiger partial charge in [0.1, 0.15) is 0 Å². The molecule has 7 heteroatoms. The number of hydrogen-bond donors (Lipinski definition) is 1. The average Bonchev–Trinajstić information content (AvgIpc) is 2.39. The predicted molar refractivity (Wildman–Crippen MR) is 79.6 cm³/mol. The molecule has 0 amide bonds. The van der Waals surface area contributed by atoms with Crippen molar-refractivity contribution in [3.05, 3.63) is 0 Å². The molecule has 2 rings (SSSR count). The summed E-state index contributed by atoms with van der Waals surface area (Å²) in [4.78, 5) is 0. The lowest BCUT2D eigenvalue weighted by Gasteiger charge is -2.37. The molecular weight excluding hydrogens is 286 g/mol. The largest absolute Gasteiger partial charge is 0.327 e. The van der Waals surface area contributed by atoms with Gasteiger partial charge >= 0.3 is 0 Å². The van der Waals surface area contributed by atoms with Crippen molar-refractivity contribution in [3.63, 3.8) is 0 Å². The molecule has 1 atom stereocenters. The SMILES string of the molecule is CN(C1CCCCC1)S(=O)(=O)N1CCCC(N)C1.Cl. The van der Waals surface area contributed by atoms with E-state index in [1.807, 2.05) is 0 Å². The highest BCUT2D eigenvalue weighted by molar-refractivity contribution is 7.86. The highest BCUT2D eigenvalue weighted by Gasteiger charge is 2.34. The standard InChI is InChI=1S/C12H25N3O2S.ClH/c1-14(12-7-3-2-4-8-12)18(16,17)15-9-5-6-11(13)10-15;/h11-12H,2-10,13H2,1H3;1H. The Labute approximate surface area is 123 Å². The minimum atomic E-state index is -3.31. The maximum absolute atomic E-state index is 12.5. The van der Waals surface area contributed by atoms with Crippen molar-refractivity contribution in [1.82, 2.24) is 8.61 Å². The third-order valence-electron chi connectivity index (χ3n) is 4.20. The van der Waals surface area contributed by atoms with Crippen LogP contribution >= 0.6 is 12.4 Å². The van der Waals surface area contributed by atoms with E-state index in [0.717, 1.165) is 38.5 Å². The van der Waals surface area contributed by atoms with Crippen molar-refractivity contribution < 1.29 is 8.42 Å². The molecule has 1 unspecified atom stereocenters. The molecule has 19 heavy (non-hydrogen) atoms. The topological polar surface area (TPSA) is 66.6 Å². The number of rotatable bonds is 3. The lowest BCUT2D eigenvalue weighted by Crippen LogP contribution is -2.52. The summed E-state index contributed by atoms with van der Waals surface area (Å²) in [6.45, 7) is 1.09. The fourth-order valence-corrected chi connectivity index (χ4v) is 4.69. The summed E-state index contributed by atoms with van der Waals surface area (Å²) in [5, 5.41) is 0. The van der Waals surface area contributed by atoms with E-state index in [-0.39, 0.29) is 24.5 Å². The van der Waals surface area contributed by atoms with E-state index in [9.17, 15) is 8.42 Å². The van der Waals surface area contributed by atoms with Gasteiger partial charge in [0.25, 0.3) is 10.2 Å². The molecule has 1 saturated carbocycles. The molecule has 2 fully saturated rings. The molecule has 0 radical (unpaired) electrons. The van der Waals surface area contributed by atoms with Gasteiger partial charge in [-0.2, -0.15) is 17.0 Å². The second-order valence-corrected chi connectivity index (χ2v) is 7.56. The first-order valence-corrected chi connectivity index (χ1v) is 8.40. The fraction of sp³-hybridized carbons (Fsp3) is 1.00. The zero-order valence-corrected chi connectivity index (χ0v) is 13.3. The van der Waals surface area contributed by atoms with Gasteiger partial charge in [0, 0.05) is 32.2 Å². The summed E-state index contributed by atoms with van der Waals surface area (Å²) in [5.41, 5.74) is 5.88. The summed E-state index contributed by atoms with van der Waals surface area (Å²) < 4.78 is 28.2. The second kappa shape index (κ2) is 7.22. The van der Waals surface area contributed by atoms with E-state index >= 15 is 0 Å². The Hall–Kier alpha value is 0.120. The molecule has 5 nitrogen and oxygen atoms in total. The molecule has 0 aromatic heterocycles. The van der Waals surface area contributed by atoms with E-state index in [0.29, 0.717) is 13.1 Å². The third kappa shape index (κ3) is 4.04. The Balaban J connectivity index is 0.00000180. The first-order chi connectivity index (χ1) is 8.51. The lowest BCUT2D eigenvalue weighted by atomic mass is 9.96. The van der Waals surface area contributed by atoms with Crippen molar-refractivity contribution in [2.75, 3.05) is 20.1 Å². The van der Waals surface area contributed by atoms with E-state index in [1.54, 1.807) is 15.7 Å². The summed E-state index contributed by atoms with van der Waals surface area (Å²) >= 11 is 0. The quantitative estimate of drug-likeness (QED) is 0.855. The Morgan fingerprint density at radius 2 is 1.74 bits per heavy atom. The molecule has 0 bridgehead atoms. The van der Waals surface area contributed by atoms with Gasteiger partial charge in [0.2, 0.25) is 0 Å². The minimum Gasteiger partial charge on any atom is -0.327 e. The van der Waals surface area contributed by atoms with E-state index in [4.69, 9.17) is 5.73 Å². The molecule has 2 aliphatic rings. The van der Waals surface area contributed by atoms with Crippen LogP contribution in [0.3, 0.4) is 0 Å². The Morgan fingerprint density at radius 1 is 1.11 bits per heavy atom. The van der Waals surface area contributed by atoms with Crippen LogP contribution in [0.5, 0.6) is 0 Å². The fourth-order valence-electron chi connectivity index (χ4n) is 3.00. The van der Waals surface area contributed by atoms with E-state index < -0.39 is 10.2 Å². The third-order valence-corrected chi connectivity index (χ3v) is 6.21. The number of hydrogen-bond acceptors (Lipinski definition) is 3. The van der Waals surface area contributed by atoms with Crippen LogP contribution in [0.2, 0.25) is 0 Å². The maximum atomic E-state index is 12.5. The zero-order valence-electron chi connectivity index (χ0n) is 11.6. The summed E-state index contributed by atoms with van der Waals surface area (Å²) in [6, 6.07) is 0.176. The highest BCUT2D eigenvalue weighted by atomic mass is 35.5. The van der Waals surface area contributed by atoms with Gasteiger partial charge in [-0.3, -0.25) is 0 Å². The van der Waals surface area contributed by atoms with Gasteiger partial charge in [-0.05, 0) is 25.7 Å². The van der Waals surface area contributed by atoms with Gasteiger partial charge < -0.3 is 5.73 Å². The number of nitrogens with two attached hydrogens (primary N) is 1. The van der Waals surface area contributed by atoms with Gasteiger partial charge in [-0.1, -0.05) is 19.3 Å². The predicted octanol–water partition coefficient (Wildman–Crippen LogP) is 1.34. The number of piperidine rings is 1. The van der Waals surface area contributed by atoms with Crippen LogP contribution in [-0.4, -0.2) is 49.2 Å². The van der Waals surface area contributed by atoms with Crippen LogP contribution in [0, 0.1) is 0 Å². The average molecular weight is 312 g/mol. The van der Waals surface area contributed by atoms with Crippen molar-refractivity contribution in [3.8, 4) is 0 Å². The number of halogens is 1. The van der Waals surface area contributed by atoms with Crippen molar-refractivity contribution in [2.45, 2.75) is 57.0 Å². The van der Waals surface area contributed by atoms with Crippen LogP contribution in [0.1, 0.15) is 44.9 Å². The Kier molecular flexibility index (Phi) is 6.53. The maximum Gasteiger partial charge on any atom is 0.282 e. The van der Waals surface area contributed by atoms with Crippen LogP contribution in [0.25, 0.3) is 0 Å². The molecule has 0 aromatic rings. The number of nitrogens with zero attached hydrogens (tertiary/aromatic N) is 2. The van der Waals surface area contributed by atoms with Gasteiger partial charge in [-0.15, -0.1) is 12.4 Å². The van der Waals surface area contributed by atoms with Crippen LogP contribution < -0.4 is 5.73 Å². The molecular formula is C12H26ClN3O2S. The molecule has 1 saturated heterocycles. The van der Waals surface area contributed by atoms with Crippen LogP contribution in [-0.2, 0) is 10.2 Å². The van der Waals surface area contributed by atoms with Gasteiger partial charge in [0.05, 0.1) is 0 Å².